The van der Waals surface area contributed by atoms with Gasteiger partial charge < -0.3 is 4.74 Å². The minimum atomic E-state index is -0.0419. The number of para-hydroxylation sites is 1. The molecule has 0 spiro atoms. The van der Waals surface area contributed by atoms with Gasteiger partial charge >= 0.3 is 0 Å². The maximum Gasteiger partial charge on any atom is 0.262 e. The third kappa shape index (κ3) is 4.42. The van der Waals surface area contributed by atoms with Crippen LogP contribution in [0.4, 0.5) is 5.69 Å². The zero-order valence-corrected chi connectivity index (χ0v) is 18.4. The number of carbonyl (C=O) groups excluding carboxylic acids is 1. The van der Waals surface area contributed by atoms with Crippen LogP contribution < -0.4 is 9.64 Å². The maximum atomic E-state index is 13.6. The van der Waals surface area contributed by atoms with Gasteiger partial charge in [0.05, 0.1) is 18.0 Å². The summed E-state index contributed by atoms with van der Waals surface area (Å²) in [5, 5.41) is 0.666. The second-order valence-electron chi connectivity index (χ2n) is 7.26. The Morgan fingerprint density at radius 2 is 1.65 bits per heavy atom. The van der Waals surface area contributed by atoms with Crippen LogP contribution in [0.15, 0.2) is 84.4 Å². The number of nitrogens with zero attached hydrogens (tertiary/aromatic N) is 1. The summed E-state index contributed by atoms with van der Waals surface area (Å²) < 4.78 is 5.52. The van der Waals surface area contributed by atoms with Crippen LogP contribution in [0.25, 0.3) is 11.8 Å². The summed E-state index contributed by atoms with van der Waals surface area (Å²) >= 11 is 6.10. The highest BCUT2D eigenvalue weighted by atomic mass is 35.5. The molecule has 0 unspecified atom stereocenters. The summed E-state index contributed by atoms with van der Waals surface area (Å²) in [6, 6.07) is 23.4. The summed E-state index contributed by atoms with van der Waals surface area (Å²) in [5.74, 6) is 0.776. The second-order valence-corrected chi connectivity index (χ2v) is 7.70. The van der Waals surface area contributed by atoms with Crippen LogP contribution >= 0.6 is 11.6 Å². The zero-order valence-electron chi connectivity index (χ0n) is 17.6. The lowest BCUT2D eigenvalue weighted by atomic mass is 10.1. The average Bonchev–Trinajstić information content (AvgIpc) is 3.11. The van der Waals surface area contributed by atoms with Gasteiger partial charge in [0, 0.05) is 10.6 Å². The predicted octanol–water partition coefficient (Wildman–Crippen LogP) is 6.77. The first-order chi connectivity index (χ1) is 15.1. The molecule has 0 aromatic heterocycles. The Bertz CT molecular complexity index is 1140. The van der Waals surface area contributed by atoms with Gasteiger partial charge in [0.25, 0.3) is 5.91 Å². The first-order valence-corrected chi connectivity index (χ1v) is 10.8. The van der Waals surface area contributed by atoms with Crippen LogP contribution in [0.2, 0.25) is 5.02 Å². The van der Waals surface area contributed by atoms with Crippen LogP contribution in [0.5, 0.6) is 5.75 Å². The third-order valence-electron chi connectivity index (χ3n) is 5.25. The number of amides is 1. The van der Waals surface area contributed by atoms with Gasteiger partial charge in [-0.3, -0.25) is 9.69 Å². The molecule has 0 saturated heterocycles. The number of hydrogen-bond donors (Lipinski definition) is 0. The van der Waals surface area contributed by atoms with Crippen molar-refractivity contribution < 1.29 is 9.53 Å². The van der Waals surface area contributed by atoms with E-state index in [4.69, 9.17) is 16.3 Å². The first-order valence-electron chi connectivity index (χ1n) is 10.4. The van der Waals surface area contributed by atoms with Gasteiger partial charge in [0.1, 0.15) is 5.75 Å². The van der Waals surface area contributed by atoms with Gasteiger partial charge in [0.2, 0.25) is 0 Å². The van der Waals surface area contributed by atoms with E-state index in [9.17, 15) is 4.79 Å². The van der Waals surface area contributed by atoms with Crippen molar-refractivity contribution in [3.05, 3.63) is 106 Å². The largest absolute Gasteiger partial charge is 0.494 e. The van der Waals surface area contributed by atoms with Crippen LogP contribution in [0.3, 0.4) is 0 Å². The van der Waals surface area contributed by atoms with Gasteiger partial charge in [-0.15, -0.1) is 0 Å². The molecule has 1 amide bonds. The van der Waals surface area contributed by atoms with E-state index in [2.05, 4.69) is 13.0 Å². The van der Waals surface area contributed by atoms with Crippen LogP contribution in [0.1, 0.15) is 30.5 Å². The van der Waals surface area contributed by atoms with Crippen LogP contribution in [-0.4, -0.2) is 12.5 Å². The van der Waals surface area contributed by atoms with E-state index in [1.54, 1.807) is 0 Å². The number of anilines is 1. The SMILES string of the molecule is CCOc1ccc(/C=C2\C=C(c3ccc(Cl)cc3)N(c3ccccc3CC)C2=O)cc1. The van der Waals surface area contributed by atoms with E-state index >= 15 is 0 Å². The van der Waals surface area contributed by atoms with Gasteiger partial charge in [-0.2, -0.15) is 0 Å². The molecule has 0 aliphatic carbocycles. The lowest BCUT2D eigenvalue weighted by molar-refractivity contribution is -0.113. The molecule has 1 heterocycles. The van der Waals surface area contributed by atoms with Gasteiger partial charge in [-0.1, -0.05) is 61.0 Å². The van der Waals surface area contributed by atoms with Crippen molar-refractivity contribution in [3.8, 4) is 5.75 Å². The van der Waals surface area contributed by atoms with E-state index in [1.807, 2.05) is 90.7 Å². The Labute approximate surface area is 188 Å². The van der Waals surface area contributed by atoms with E-state index in [1.165, 1.54) is 0 Å². The van der Waals surface area contributed by atoms with E-state index < -0.39 is 0 Å². The Morgan fingerprint density at radius 3 is 2.32 bits per heavy atom. The van der Waals surface area contributed by atoms with E-state index in [0.717, 1.165) is 40.2 Å². The van der Waals surface area contributed by atoms with Gasteiger partial charge in [-0.05, 0) is 72.5 Å². The summed E-state index contributed by atoms with van der Waals surface area (Å²) in [4.78, 5) is 15.4. The highest BCUT2D eigenvalue weighted by molar-refractivity contribution is 6.30. The van der Waals surface area contributed by atoms with Crippen molar-refractivity contribution in [3.63, 3.8) is 0 Å². The minimum absolute atomic E-state index is 0.0419. The highest BCUT2D eigenvalue weighted by Gasteiger charge is 2.31. The van der Waals surface area contributed by atoms with Crippen molar-refractivity contribution in [1.29, 1.82) is 0 Å². The molecule has 4 rings (SSSR count). The Balaban J connectivity index is 1.79. The molecular formula is C27H24ClNO2. The van der Waals surface area contributed by atoms with Crippen molar-refractivity contribution in [2.75, 3.05) is 11.5 Å². The lowest BCUT2D eigenvalue weighted by Gasteiger charge is -2.23. The highest BCUT2D eigenvalue weighted by Crippen LogP contribution is 2.37. The first kappa shape index (κ1) is 21.0. The number of benzene rings is 3. The fraction of sp³-hybridized carbons (Fsp3) is 0.148. The van der Waals surface area contributed by atoms with Crippen molar-refractivity contribution in [1.82, 2.24) is 0 Å². The Kier molecular flexibility index (Phi) is 6.24. The summed E-state index contributed by atoms with van der Waals surface area (Å²) in [6.45, 7) is 4.68. The molecule has 0 N–H and O–H groups in total. The van der Waals surface area contributed by atoms with Crippen molar-refractivity contribution in [2.24, 2.45) is 0 Å². The van der Waals surface area contributed by atoms with Crippen LogP contribution in [-0.2, 0) is 11.2 Å². The molecule has 3 aromatic carbocycles. The molecule has 1 aliphatic heterocycles. The van der Waals surface area contributed by atoms with Crippen molar-refractivity contribution in [2.45, 2.75) is 20.3 Å². The number of halogens is 1. The molecule has 0 atom stereocenters. The fourth-order valence-corrected chi connectivity index (χ4v) is 3.85. The van der Waals surface area contributed by atoms with Gasteiger partial charge in [0.15, 0.2) is 0 Å². The zero-order chi connectivity index (χ0) is 21.8. The molecule has 0 radical (unpaired) electrons. The lowest BCUT2D eigenvalue weighted by Crippen LogP contribution is -2.26. The van der Waals surface area contributed by atoms with Crippen molar-refractivity contribution >= 4 is 35.0 Å². The molecule has 156 valence electrons. The molecule has 3 aromatic rings. The Morgan fingerprint density at radius 1 is 0.935 bits per heavy atom. The quantitative estimate of drug-likeness (QED) is 0.404. The predicted molar refractivity (Wildman–Crippen MR) is 128 cm³/mol. The number of hydrogen-bond acceptors (Lipinski definition) is 2. The molecule has 31 heavy (non-hydrogen) atoms. The molecule has 3 nitrogen and oxygen atoms in total. The average molecular weight is 430 g/mol. The summed E-state index contributed by atoms with van der Waals surface area (Å²) in [5.41, 5.74) is 5.41. The van der Waals surface area contributed by atoms with Crippen LogP contribution in [0, 0.1) is 0 Å². The minimum Gasteiger partial charge on any atom is -0.494 e. The normalized spacial score (nSPS) is 14.8. The van der Waals surface area contributed by atoms with E-state index in [-0.39, 0.29) is 5.91 Å². The number of carbonyl (C=O) groups is 1. The second kappa shape index (κ2) is 9.23. The summed E-state index contributed by atoms with van der Waals surface area (Å²) in [7, 11) is 0. The number of aryl methyl sites for hydroxylation is 1. The number of rotatable bonds is 6. The standard InChI is InChI=1S/C27H24ClNO2/c1-3-20-7-5-6-8-25(20)29-26(21-11-13-23(28)14-12-21)18-22(27(29)30)17-19-9-15-24(16-10-19)31-4-2/h5-18H,3-4H2,1-2H3/b22-17+. The van der Waals surface area contributed by atoms with E-state index in [0.29, 0.717) is 17.2 Å². The molecule has 0 bridgehead atoms. The molecular weight excluding hydrogens is 406 g/mol. The molecule has 0 saturated carbocycles. The monoisotopic (exact) mass is 429 g/mol. The third-order valence-corrected chi connectivity index (χ3v) is 5.50. The summed E-state index contributed by atoms with van der Waals surface area (Å²) in [6.07, 6.45) is 4.71. The number of ether oxygens (including phenoxy) is 1. The molecule has 4 heteroatoms. The van der Waals surface area contributed by atoms with Gasteiger partial charge in [-0.25, -0.2) is 0 Å². The smallest absolute Gasteiger partial charge is 0.262 e. The molecule has 1 aliphatic rings. The Hall–Kier alpha value is -3.30. The topological polar surface area (TPSA) is 29.5 Å². The fourth-order valence-electron chi connectivity index (χ4n) is 3.72. The molecule has 0 fully saturated rings. The maximum absolute atomic E-state index is 13.6.